The predicted octanol–water partition coefficient (Wildman–Crippen LogP) is 2.52. The second-order valence-corrected chi connectivity index (χ2v) is 12.5. The molecule has 2 rings (SSSR count). The third-order valence-electron chi connectivity index (χ3n) is 4.98. The van der Waals surface area contributed by atoms with E-state index < -0.39 is 37.9 Å². The summed E-state index contributed by atoms with van der Waals surface area (Å²) in [4.78, 5) is 28.2. The summed E-state index contributed by atoms with van der Waals surface area (Å²) in [5.74, 6) is 0. The third-order valence-corrected chi connectivity index (χ3v) is 9.48. The molecule has 0 aliphatic carbocycles. The van der Waals surface area contributed by atoms with Gasteiger partial charge in [0.15, 0.2) is 8.32 Å². The van der Waals surface area contributed by atoms with Crippen LogP contribution in [0.2, 0.25) is 18.1 Å². The lowest BCUT2D eigenvalue weighted by atomic mass is 10.1. The van der Waals surface area contributed by atoms with E-state index in [0.717, 1.165) is 0 Å². The van der Waals surface area contributed by atoms with Gasteiger partial charge in [-0.1, -0.05) is 25.9 Å². The average molecular weight is 367 g/mol. The lowest BCUT2D eigenvalue weighted by molar-refractivity contribution is -0.0246. The van der Waals surface area contributed by atoms with Gasteiger partial charge >= 0.3 is 5.69 Å². The van der Waals surface area contributed by atoms with Gasteiger partial charge in [-0.2, -0.15) is 0 Å². The third kappa shape index (κ3) is 4.40. The molecular formula is C15H25N5O4Si. The number of aromatic amines is 1. The van der Waals surface area contributed by atoms with Crippen molar-refractivity contribution in [1.29, 1.82) is 0 Å². The number of azide groups is 1. The quantitative estimate of drug-likeness (QED) is 0.372. The zero-order valence-electron chi connectivity index (χ0n) is 15.2. The van der Waals surface area contributed by atoms with E-state index >= 15 is 0 Å². The van der Waals surface area contributed by atoms with E-state index in [9.17, 15) is 9.59 Å². The van der Waals surface area contributed by atoms with Crippen molar-refractivity contribution in [3.05, 3.63) is 43.5 Å². The van der Waals surface area contributed by atoms with Crippen LogP contribution in [-0.2, 0) is 9.16 Å². The van der Waals surface area contributed by atoms with Crippen LogP contribution in [0.15, 0.2) is 27.0 Å². The van der Waals surface area contributed by atoms with Crippen LogP contribution >= 0.6 is 0 Å². The molecule has 1 aromatic rings. The Bertz CT molecular complexity index is 775. The first kappa shape index (κ1) is 19.5. The summed E-state index contributed by atoms with van der Waals surface area (Å²) in [5, 5.41) is 3.84. The molecule has 1 fully saturated rings. The Kier molecular flexibility index (Phi) is 5.57. The molecule has 1 aliphatic heterocycles. The summed E-state index contributed by atoms with van der Waals surface area (Å²) in [6.07, 6.45) is 0.694. The number of hydrogen-bond acceptors (Lipinski definition) is 5. The SMILES string of the molecule is CC(C)(C)[Si](C)(C)OC[C@H]1O[C@H](n2ccc(=O)[nH]c2=O)C[C@@H]1N=[N+]=[N-]. The molecule has 0 amide bonds. The molecule has 0 saturated carbocycles. The molecule has 25 heavy (non-hydrogen) atoms. The summed E-state index contributed by atoms with van der Waals surface area (Å²) < 4.78 is 13.4. The van der Waals surface area contributed by atoms with Gasteiger partial charge in [0.1, 0.15) is 6.23 Å². The highest BCUT2D eigenvalue weighted by Gasteiger charge is 2.41. The number of hydrogen-bond donors (Lipinski definition) is 1. The lowest BCUT2D eigenvalue weighted by Crippen LogP contribution is -2.43. The summed E-state index contributed by atoms with van der Waals surface area (Å²) in [6, 6.07) is 0.825. The minimum Gasteiger partial charge on any atom is -0.414 e. The van der Waals surface area contributed by atoms with E-state index in [1.807, 2.05) is 0 Å². The molecule has 1 N–H and O–H groups in total. The molecule has 0 unspecified atom stereocenters. The van der Waals surface area contributed by atoms with Crippen molar-refractivity contribution in [3.8, 4) is 0 Å². The summed E-state index contributed by atoms with van der Waals surface area (Å²) in [6.45, 7) is 11.0. The van der Waals surface area contributed by atoms with Crippen LogP contribution in [0, 0.1) is 0 Å². The average Bonchev–Trinajstić information content (AvgIpc) is 2.87. The second-order valence-electron chi connectivity index (χ2n) is 7.73. The first-order chi connectivity index (χ1) is 11.5. The molecule has 2 heterocycles. The molecule has 138 valence electrons. The van der Waals surface area contributed by atoms with Crippen molar-refractivity contribution in [2.75, 3.05) is 6.61 Å². The maximum atomic E-state index is 11.9. The molecule has 0 bridgehead atoms. The zero-order valence-corrected chi connectivity index (χ0v) is 16.2. The van der Waals surface area contributed by atoms with Gasteiger partial charge in [-0.05, 0) is 23.7 Å². The first-order valence-corrected chi connectivity index (χ1v) is 11.1. The minimum absolute atomic E-state index is 0.0505. The van der Waals surface area contributed by atoms with Gasteiger partial charge < -0.3 is 9.16 Å². The zero-order chi connectivity index (χ0) is 18.8. The van der Waals surface area contributed by atoms with Crippen molar-refractivity contribution < 1.29 is 9.16 Å². The summed E-state index contributed by atoms with van der Waals surface area (Å²) >= 11 is 0. The highest BCUT2D eigenvalue weighted by molar-refractivity contribution is 6.74. The summed E-state index contributed by atoms with van der Waals surface area (Å²) in [5.41, 5.74) is 7.78. The molecule has 3 atom stereocenters. The van der Waals surface area contributed by atoms with Gasteiger partial charge in [0.2, 0.25) is 0 Å². The Morgan fingerprint density at radius 3 is 2.72 bits per heavy atom. The Morgan fingerprint density at radius 1 is 1.48 bits per heavy atom. The van der Waals surface area contributed by atoms with Crippen molar-refractivity contribution >= 4 is 8.32 Å². The van der Waals surface area contributed by atoms with E-state index in [0.29, 0.717) is 13.0 Å². The van der Waals surface area contributed by atoms with Gasteiger partial charge in [0, 0.05) is 23.6 Å². The molecule has 9 nitrogen and oxygen atoms in total. The standard InChI is InChI=1S/C15H25N5O4Si/c1-15(2,3)25(4,5)23-9-11-10(18-19-16)8-13(24-11)20-7-6-12(21)17-14(20)22/h6-7,10-11,13H,8-9H2,1-5H3,(H,17,21,22)/t10-,11+,13-/m0/s1. The number of H-pyrrole nitrogens is 1. The van der Waals surface area contributed by atoms with Crippen LogP contribution < -0.4 is 11.2 Å². The lowest BCUT2D eigenvalue weighted by Gasteiger charge is -2.37. The number of aromatic nitrogens is 2. The van der Waals surface area contributed by atoms with Crippen LogP contribution in [-0.4, -0.2) is 36.6 Å². The Labute approximate surface area is 146 Å². The fraction of sp³-hybridized carbons (Fsp3) is 0.733. The van der Waals surface area contributed by atoms with Crippen LogP contribution in [0.5, 0.6) is 0 Å². The molecule has 1 saturated heterocycles. The van der Waals surface area contributed by atoms with E-state index in [1.54, 1.807) is 0 Å². The van der Waals surface area contributed by atoms with Crippen LogP contribution in [0.1, 0.15) is 33.4 Å². The number of rotatable bonds is 5. The maximum Gasteiger partial charge on any atom is 0.330 e. The van der Waals surface area contributed by atoms with E-state index in [2.05, 4.69) is 48.9 Å². The fourth-order valence-electron chi connectivity index (χ4n) is 2.38. The van der Waals surface area contributed by atoms with Crippen LogP contribution in [0.25, 0.3) is 10.4 Å². The highest BCUT2D eigenvalue weighted by atomic mass is 28.4. The minimum atomic E-state index is -1.98. The van der Waals surface area contributed by atoms with Crippen LogP contribution in [0.3, 0.4) is 0 Å². The van der Waals surface area contributed by atoms with Crippen LogP contribution in [0.4, 0.5) is 0 Å². The van der Waals surface area contributed by atoms with Gasteiger partial charge in [0.05, 0.1) is 18.8 Å². The van der Waals surface area contributed by atoms with Gasteiger partial charge in [-0.15, -0.1) is 0 Å². The van der Waals surface area contributed by atoms with E-state index in [-0.39, 0.29) is 5.04 Å². The Balaban J connectivity index is 2.16. The van der Waals surface area contributed by atoms with Gasteiger partial charge in [0.25, 0.3) is 5.56 Å². The Morgan fingerprint density at radius 2 is 2.16 bits per heavy atom. The predicted molar refractivity (Wildman–Crippen MR) is 95.9 cm³/mol. The Hall–Kier alpha value is -1.87. The molecule has 0 spiro atoms. The molecule has 1 aromatic heterocycles. The monoisotopic (exact) mass is 367 g/mol. The topological polar surface area (TPSA) is 122 Å². The highest BCUT2D eigenvalue weighted by Crippen LogP contribution is 2.38. The van der Waals surface area contributed by atoms with Crippen molar-refractivity contribution in [1.82, 2.24) is 9.55 Å². The molecule has 1 aliphatic rings. The maximum absolute atomic E-state index is 11.9. The first-order valence-electron chi connectivity index (χ1n) is 8.20. The van der Waals surface area contributed by atoms with E-state index in [1.165, 1.54) is 16.8 Å². The number of nitrogens with zero attached hydrogens (tertiary/aromatic N) is 4. The fourth-order valence-corrected chi connectivity index (χ4v) is 3.40. The molecule has 10 heteroatoms. The second kappa shape index (κ2) is 7.16. The smallest absolute Gasteiger partial charge is 0.330 e. The molecular weight excluding hydrogens is 342 g/mol. The number of ether oxygens (including phenoxy) is 1. The molecule has 0 radical (unpaired) electrons. The molecule has 0 aromatic carbocycles. The normalized spacial score (nSPS) is 24.1. The number of nitrogens with one attached hydrogen (secondary N) is 1. The van der Waals surface area contributed by atoms with Crippen molar-refractivity contribution in [2.45, 2.75) is 63.7 Å². The van der Waals surface area contributed by atoms with Crippen molar-refractivity contribution in [2.24, 2.45) is 5.11 Å². The largest absolute Gasteiger partial charge is 0.414 e. The summed E-state index contributed by atoms with van der Waals surface area (Å²) in [7, 11) is -1.98. The van der Waals surface area contributed by atoms with Gasteiger partial charge in [-0.25, -0.2) is 4.79 Å². The van der Waals surface area contributed by atoms with Crippen molar-refractivity contribution in [3.63, 3.8) is 0 Å². The van der Waals surface area contributed by atoms with E-state index in [4.69, 9.17) is 14.7 Å². The van der Waals surface area contributed by atoms with Gasteiger partial charge in [-0.3, -0.25) is 14.3 Å².